The Hall–Kier alpha value is -4.01. The average molecular weight is 499 g/mol. The number of ether oxygens (including phenoxy) is 2. The van der Waals surface area contributed by atoms with Crippen LogP contribution in [0.15, 0.2) is 48.8 Å². The van der Waals surface area contributed by atoms with Crippen LogP contribution in [0.5, 0.6) is 0 Å². The molecule has 2 aromatic heterocycles. The number of aryl methyl sites for hydroxylation is 2. The molecule has 2 N–H and O–H groups in total. The minimum absolute atomic E-state index is 0.324. The molecule has 0 atom stereocenters. The van der Waals surface area contributed by atoms with Gasteiger partial charge >= 0.3 is 12.1 Å². The number of aldehydes is 1. The second-order valence-corrected chi connectivity index (χ2v) is 8.55. The van der Waals surface area contributed by atoms with E-state index in [0.29, 0.717) is 17.1 Å². The number of methoxy groups -OCH3 is 1. The third-order valence-electron chi connectivity index (χ3n) is 4.72. The van der Waals surface area contributed by atoms with Gasteiger partial charge in [-0.2, -0.15) is 0 Å². The van der Waals surface area contributed by atoms with E-state index in [1.54, 1.807) is 49.2 Å². The molecule has 0 aliphatic heterocycles. The number of anilines is 2. The SMILES string of the molecule is CC.CNc1ccc(-c2cc(C(=O)OC)n(C)c2)cc1.Cn1cc(NC(=O)OC(C)(C)C)cc1C=O. The van der Waals surface area contributed by atoms with Crippen LogP contribution in [0.4, 0.5) is 16.2 Å². The summed E-state index contributed by atoms with van der Waals surface area (Å²) >= 11 is 0. The Morgan fingerprint density at radius 2 is 1.53 bits per heavy atom. The van der Waals surface area contributed by atoms with Gasteiger partial charge in [0.1, 0.15) is 11.3 Å². The number of aromatic nitrogens is 2. The number of hydrogen-bond donors (Lipinski definition) is 2. The van der Waals surface area contributed by atoms with E-state index in [-0.39, 0.29) is 5.97 Å². The Bertz CT molecular complexity index is 1140. The highest BCUT2D eigenvalue weighted by Gasteiger charge is 2.17. The highest BCUT2D eigenvalue weighted by atomic mass is 16.6. The fourth-order valence-corrected chi connectivity index (χ4v) is 3.05. The molecule has 9 heteroatoms. The molecule has 0 saturated carbocycles. The number of amides is 1. The molecule has 0 aliphatic rings. The lowest BCUT2D eigenvalue weighted by molar-refractivity contribution is 0.0588. The van der Waals surface area contributed by atoms with Gasteiger partial charge in [0.05, 0.1) is 18.5 Å². The molecule has 1 amide bonds. The van der Waals surface area contributed by atoms with Gasteiger partial charge in [-0.3, -0.25) is 10.1 Å². The van der Waals surface area contributed by atoms with Gasteiger partial charge in [0.15, 0.2) is 6.29 Å². The molecule has 1 aromatic carbocycles. The zero-order valence-electron chi connectivity index (χ0n) is 22.6. The van der Waals surface area contributed by atoms with Gasteiger partial charge < -0.3 is 23.9 Å². The molecule has 0 bridgehead atoms. The molecule has 0 radical (unpaired) electrons. The van der Waals surface area contributed by atoms with Crippen molar-refractivity contribution in [2.75, 3.05) is 24.8 Å². The summed E-state index contributed by atoms with van der Waals surface area (Å²) in [5, 5.41) is 5.62. The lowest BCUT2D eigenvalue weighted by Crippen LogP contribution is -2.27. The summed E-state index contributed by atoms with van der Waals surface area (Å²) in [6.07, 6.45) is 3.75. The van der Waals surface area contributed by atoms with Gasteiger partial charge in [-0.25, -0.2) is 9.59 Å². The maximum atomic E-state index is 11.5. The molecule has 0 fully saturated rings. The summed E-state index contributed by atoms with van der Waals surface area (Å²) in [7, 11) is 6.82. The van der Waals surface area contributed by atoms with Crippen molar-refractivity contribution in [2.24, 2.45) is 14.1 Å². The lowest BCUT2D eigenvalue weighted by atomic mass is 10.1. The maximum absolute atomic E-state index is 11.5. The van der Waals surface area contributed by atoms with Crippen LogP contribution < -0.4 is 10.6 Å². The van der Waals surface area contributed by atoms with E-state index in [1.807, 2.05) is 64.5 Å². The molecule has 0 aliphatic carbocycles. The first-order valence-corrected chi connectivity index (χ1v) is 11.6. The zero-order chi connectivity index (χ0) is 27.5. The fourth-order valence-electron chi connectivity index (χ4n) is 3.05. The number of esters is 1. The first-order chi connectivity index (χ1) is 17.0. The van der Waals surface area contributed by atoms with Crippen molar-refractivity contribution in [3.63, 3.8) is 0 Å². The summed E-state index contributed by atoms with van der Waals surface area (Å²) in [5.74, 6) is -0.324. The average Bonchev–Trinajstić information content (AvgIpc) is 3.40. The van der Waals surface area contributed by atoms with Crippen LogP contribution >= 0.6 is 0 Å². The van der Waals surface area contributed by atoms with Crippen molar-refractivity contribution >= 4 is 29.7 Å². The molecule has 3 aromatic rings. The van der Waals surface area contributed by atoms with Crippen LogP contribution in [0.25, 0.3) is 11.1 Å². The van der Waals surface area contributed by atoms with Crippen molar-refractivity contribution in [3.05, 3.63) is 60.2 Å². The Kier molecular flexibility index (Phi) is 11.5. The number of nitrogens with zero attached hydrogens (tertiary/aromatic N) is 2. The van der Waals surface area contributed by atoms with Crippen LogP contribution in [0.3, 0.4) is 0 Å². The number of carbonyl (C=O) groups is 3. The first-order valence-electron chi connectivity index (χ1n) is 11.6. The van der Waals surface area contributed by atoms with E-state index in [4.69, 9.17) is 9.47 Å². The van der Waals surface area contributed by atoms with Crippen molar-refractivity contribution in [3.8, 4) is 11.1 Å². The predicted molar refractivity (Wildman–Crippen MR) is 144 cm³/mol. The van der Waals surface area contributed by atoms with Crippen LogP contribution in [0, 0.1) is 0 Å². The van der Waals surface area contributed by atoms with Crippen LogP contribution in [0.2, 0.25) is 0 Å². The number of hydrogen-bond acceptors (Lipinski definition) is 6. The van der Waals surface area contributed by atoms with Gasteiger partial charge in [-0.1, -0.05) is 26.0 Å². The summed E-state index contributed by atoms with van der Waals surface area (Å²) in [4.78, 5) is 33.5. The summed E-state index contributed by atoms with van der Waals surface area (Å²) in [6, 6.07) is 11.4. The molecule has 0 saturated heterocycles. The number of rotatable bonds is 5. The van der Waals surface area contributed by atoms with Crippen LogP contribution in [0.1, 0.15) is 55.6 Å². The van der Waals surface area contributed by atoms with Gasteiger partial charge in [0, 0.05) is 44.8 Å². The van der Waals surface area contributed by atoms with E-state index in [1.165, 1.54) is 7.11 Å². The molecule has 9 nitrogen and oxygen atoms in total. The minimum atomic E-state index is -0.535. The van der Waals surface area contributed by atoms with Crippen molar-refractivity contribution < 1.29 is 23.9 Å². The van der Waals surface area contributed by atoms with Crippen LogP contribution in [-0.4, -0.2) is 47.2 Å². The molecular formula is C27H38N4O5. The van der Waals surface area contributed by atoms with E-state index in [9.17, 15) is 14.4 Å². The van der Waals surface area contributed by atoms with Gasteiger partial charge in [0.25, 0.3) is 0 Å². The summed E-state index contributed by atoms with van der Waals surface area (Å²) < 4.78 is 13.2. The molecule has 196 valence electrons. The highest BCUT2D eigenvalue weighted by Crippen LogP contribution is 2.23. The maximum Gasteiger partial charge on any atom is 0.412 e. The third-order valence-corrected chi connectivity index (χ3v) is 4.72. The summed E-state index contributed by atoms with van der Waals surface area (Å²) in [5.41, 5.74) is 4.17. The second-order valence-electron chi connectivity index (χ2n) is 8.55. The standard InChI is InChI=1S/C14H16N2O2.C11H16N2O3.C2H6/c1-15-12-6-4-10(5-7-12)11-8-13(14(17)18-3)16(2)9-11;1-11(2,3)16-10(15)12-8-5-9(7-14)13(4)6-8;1-2/h4-9,15H,1-3H3;5-7H,1-4H3,(H,12,15);1-2H3. The normalized spacial score (nSPS) is 10.1. The van der Waals surface area contributed by atoms with E-state index < -0.39 is 11.7 Å². The van der Waals surface area contributed by atoms with Crippen molar-refractivity contribution in [1.29, 1.82) is 0 Å². The lowest BCUT2D eigenvalue weighted by Gasteiger charge is -2.19. The zero-order valence-corrected chi connectivity index (χ0v) is 22.6. The monoisotopic (exact) mass is 498 g/mol. The second kappa shape index (κ2) is 13.8. The van der Waals surface area contributed by atoms with Crippen molar-refractivity contribution in [2.45, 2.75) is 40.2 Å². The molecule has 3 rings (SSSR count). The molecule has 2 heterocycles. The van der Waals surface area contributed by atoms with E-state index >= 15 is 0 Å². The van der Waals surface area contributed by atoms with Gasteiger partial charge in [-0.05, 0) is 50.6 Å². The minimum Gasteiger partial charge on any atom is -0.464 e. The van der Waals surface area contributed by atoms with Gasteiger partial charge in [-0.15, -0.1) is 0 Å². The Balaban J connectivity index is 0.000000339. The smallest absolute Gasteiger partial charge is 0.412 e. The van der Waals surface area contributed by atoms with Crippen molar-refractivity contribution in [1.82, 2.24) is 9.13 Å². The summed E-state index contributed by atoms with van der Waals surface area (Å²) in [6.45, 7) is 9.36. The van der Waals surface area contributed by atoms with E-state index in [2.05, 4.69) is 10.6 Å². The quantitative estimate of drug-likeness (QED) is 0.344. The first kappa shape index (κ1) is 30.0. The van der Waals surface area contributed by atoms with Crippen LogP contribution in [-0.2, 0) is 23.6 Å². The molecule has 0 unspecified atom stereocenters. The predicted octanol–water partition coefficient (Wildman–Crippen LogP) is 5.73. The number of nitrogens with one attached hydrogen (secondary N) is 2. The number of benzene rings is 1. The molecule has 0 spiro atoms. The molecule has 36 heavy (non-hydrogen) atoms. The number of carbonyl (C=O) groups excluding carboxylic acids is 3. The highest BCUT2D eigenvalue weighted by molar-refractivity contribution is 5.90. The van der Waals surface area contributed by atoms with E-state index in [0.717, 1.165) is 23.1 Å². The third kappa shape index (κ3) is 8.98. The Morgan fingerprint density at radius 3 is 2.00 bits per heavy atom. The Labute approximate surface area is 213 Å². The fraction of sp³-hybridized carbons (Fsp3) is 0.370. The largest absolute Gasteiger partial charge is 0.464 e. The molecular weight excluding hydrogens is 460 g/mol. The Morgan fingerprint density at radius 1 is 0.917 bits per heavy atom. The topological polar surface area (TPSA) is 104 Å². The van der Waals surface area contributed by atoms with Gasteiger partial charge in [0.2, 0.25) is 0 Å².